The van der Waals surface area contributed by atoms with Gasteiger partial charge in [0.15, 0.2) is 5.96 Å². The number of hydrogen-bond acceptors (Lipinski definition) is 3. The molecular formula is C20H37IN4O. The number of nitrogens with zero attached hydrogens (tertiary/aromatic N) is 2. The number of aliphatic imine (C=N–C) groups is 1. The first kappa shape index (κ1) is 25.1. The third kappa shape index (κ3) is 9.73. The van der Waals surface area contributed by atoms with Crippen molar-refractivity contribution in [2.75, 3.05) is 40.3 Å². The van der Waals surface area contributed by atoms with Crippen LogP contribution in [0.5, 0.6) is 0 Å². The summed E-state index contributed by atoms with van der Waals surface area (Å²) in [5, 5.41) is 16.4. The maximum absolute atomic E-state index is 9.71. The zero-order chi connectivity index (χ0) is 18.7. The Balaban J connectivity index is 0.00000625. The number of likely N-dealkylation sites (N-methyl/N-ethyl adjacent to an activating group) is 1. The minimum atomic E-state index is 0. The van der Waals surface area contributed by atoms with E-state index in [9.17, 15) is 5.11 Å². The normalized spacial score (nSPS) is 14.1. The van der Waals surface area contributed by atoms with Crippen molar-refractivity contribution in [2.45, 2.75) is 39.2 Å². The second kappa shape index (κ2) is 14.2. The summed E-state index contributed by atoms with van der Waals surface area (Å²) in [7, 11) is 4.22. The Morgan fingerprint density at radius 2 is 1.81 bits per heavy atom. The van der Waals surface area contributed by atoms with E-state index in [2.05, 4.69) is 62.5 Å². The van der Waals surface area contributed by atoms with Crippen LogP contribution >= 0.6 is 24.0 Å². The quantitative estimate of drug-likeness (QED) is 0.276. The van der Waals surface area contributed by atoms with Crippen LogP contribution in [0.1, 0.15) is 38.7 Å². The van der Waals surface area contributed by atoms with Crippen molar-refractivity contribution in [3.05, 3.63) is 35.9 Å². The predicted octanol–water partition coefficient (Wildman–Crippen LogP) is 2.91. The van der Waals surface area contributed by atoms with E-state index in [0.29, 0.717) is 18.5 Å². The molecule has 5 nitrogen and oxygen atoms in total. The molecular weight excluding hydrogens is 439 g/mol. The molecule has 1 aromatic carbocycles. The van der Waals surface area contributed by atoms with Gasteiger partial charge in [0, 0.05) is 25.0 Å². The monoisotopic (exact) mass is 476 g/mol. The molecule has 3 N–H and O–H groups in total. The maximum Gasteiger partial charge on any atom is 0.191 e. The van der Waals surface area contributed by atoms with Crippen molar-refractivity contribution in [1.82, 2.24) is 15.5 Å². The Bertz CT molecular complexity index is 494. The predicted molar refractivity (Wildman–Crippen MR) is 123 cm³/mol. The number of halogens is 1. The topological polar surface area (TPSA) is 59.9 Å². The highest BCUT2D eigenvalue weighted by atomic mass is 127. The Hall–Kier alpha value is -0.860. The fourth-order valence-electron chi connectivity index (χ4n) is 2.76. The minimum Gasteiger partial charge on any atom is -0.396 e. The van der Waals surface area contributed by atoms with Crippen LogP contribution in [0.15, 0.2) is 35.3 Å². The fraction of sp³-hybridized carbons (Fsp3) is 0.650. The van der Waals surface area contributed by atoms with Gasteiger partial charge in [0.1, 0.15) is 0 Å². The summed E-state index contributed by atoms with van der Waals surface area (Å²) in [5.74, 6) is 1.52. The Kier molecular flexibility index (Phi) is 13.8. The molecule has 6 heteroatoms. The van der Waals surface area contributed by atoms with Gasteiger partial charge in [0.2, 0.25) is 0 Å². The zero-order valence-corrected chi connectivity index (χ0v) is 19.2. The first-order chi connectivity index (χ1) is 12.0. The minimum absolute atomic E-state index is 0. The van der Waals surface area contributed by atoms with Crippen molar-refractivity contribution < 1.29 is 5.11 Å². The van der Waals surface area contributed by atoms with Crippen LogP contribution in [0.2, 0.25) is 0 Å². The second-order valence-electron chi connectivity index (χ2n) is 7.14. The van der Waals surface area contributed by atoms with Gasteiger partial charge in [0.25, 0.3) is 0 Å². The highest BCUT2D eigenvalue weighted by Gasteiger charge is 2.14. The van der Waals surface area contributed by atoms with E-state index in [1.807, 2.05) is 18.2 Å². The van der Waals surface area contributed by atoms with E-state index < -0.39 is 0 Å². The summed E-state index contributed by atoms with van der Waals surface area (Å²) in [6, 6.07) is 10.5. The van der Waals surface area contributed by atoms with Gasteiger partial charge in [-0.3, -0.25) is 4.99 Å². The number of rotatable bonds is 10. The molecule has 26 heavy (non-hydrogen) atoms. The molecule has 1 rings (SSSR count). The van der Waals surface area contributed by atoms with Crippen molar-refractivity contribution in [3.63, 3.8) is 0 Å². The van der Waals surface area contributed by atoms with Crippen LogP contribution in [0.25, 0.3) is 0 Å². The van der Waals surface area contributed by atoms with Crippen LogP contribution in [0, 0.1) is 5.92 Å². The molecule has 0 bridgehead atoms. The molecule has 0 aliphatic rings. The Labute approximate surface area is 176 Å². The third-order valence-corrected chi connectivity index (χ3v) is 4.29. The molecule has 0 radical (unpaired) electrons. The zero-order valence-electron chi connectivity index (χ0n) is 16.9. The van der Waals surface area contributed by atoms with E-state index in [1.165, 1.54) is 0 Å². The fourth-order valence-corrected chi connectivity index (χ4v) is 2.76. The van der Waals surface area contributed by atoms with Crippen molar-refractivity contribution in [2.24, 2.45) is 10.9 Å². The molecule has 0 heterocycles. The number of guanidine groups is 1. The van der Waals surface area contributed by atoms with Gasteiger partial charge in [-0.15, -0.1) is 24.0 Å². The second-order valence-corrected chi connectivity index (χ2v) is 7.14. The molecule has 0 saturated carbocycles. The number of aliphatic hydroxyl groups excluding tert-OH is 1. The molecule has 150 valence electrons. The maximum atomic E-state index is 9.71. The van der Waals surface area contributed by atoms with Gasteiger partial charge >= 0.3 is 0 Å². The van der Waals surface area contributed by atoms with Crippen LogP contribution in [0.3, 0.4) is 0 Å². The van der Waals surface area contributed by atoms with E-state index in [-0.39, 0.29) is 36.5 Å². The molecule has 0 aliphatic carbocycles. The van der Waals surface area contributed by atoms with Crippen molar-refractivity contribution >= 4 is 29.9 Å². The van der Waals surface area contributed by atoms with Gasteiger partial charge in [-0.1, -0.05) is 44.2 Å². The lowest BCUT2D eigenvalue weighted by atomic mass is 10.0. The first-order valence-electron chi connectivity index (χ1n) is 9.32. The average Bonchev–Trinajstić information content (AvgIpc) is 2.59. The lowest BCUT2D eigenvalue weighted by Crippen LogP contribution is -2.41. The third-order valence-electron chi connectivity index (χ3n) is 4.29. The molecule has 0 aliphatic heterocycles. The smallest absolute Gasteiger partial charge is 0.191 e. The van der Waals surface area contributed by atoms with Crippen LogP contribution in [0.4, 0.5) is 0 Å². The first-order valence-corrected chi connectivity index (χ1v) is 9.32. The molecule has 2 atom stereocenters. The summed E-state index contributed by atoms with van der Waals surface area (Å²) in [6.45, 7) is 8.90. The highest BCUT2D eigenvalue weighted by Crippen LogP contribution is 2.13. The summed E-state index contributed by atoms with van der Waals surface area (Å²) in [6.07, 6.45) is 1.12. The summed E-state index contributed by atoms with van der Waals surface area (Å²) >= 11 is 0. The number of hydrogen-bond donors (Lipinski definition) is 3. The van der Waals surface area contributed by atoms with E-state index in [4.69, 9.17) is 4.99 Å². The molecule has 0 fully saturated rings. The van der Waals surface area contributed by atoms with Gasteiger partial charge in [0.05, 0.1) is 13.2 Å². The lowest BCUT2D eigenvalue weighted by molar-refractivity contribution is 0.260. The van der Waals surface area contributed by atoms with E-state index in [0.717, 1.165) is 31.0 Å². The highest BCUT2D eigenvalue weighted by molar-refractivity contribution is 14.0. The summed E-state index contributed by atoms with van der Waals surface area (Å²) in [4.78, 5) is 7.00. The Morgan fingerprint density at radius 1 is 1.15 bits per heavy atom. The molecule has 2 unspecified atom stereocenters. The average molecular weight is 476 g/mol. The van der Waals surface area contributed by atoms with Gasteiger partial charge < -0.3 is 20.6 Å². The lowest BCUT2D eigenvalue weighted by Gasteiger charge is -2.25. The molecule has 0 amide bonds. The number of benzene rings is 1. The SMILES string of the molecule is CCNC(=NCC(CC(C)C)N(C)C)NCC(CO)c1ccccc1.I. The van der Waals surface area contributed by atoms with Gasteiger partial charge in [-0.2, -0.15) is 0 Å². The van der Waals surface area contributed by atoms with E-state index >= 15 is 0 Å². The largest absolute Gasteiger partial charge is 0.396 e. The van der Waals surface area contributed by atoms with E-state index in [1.54, 1.807) is 0 Å². The van der Waals surface area contributed by atoms with Gasteiger partial charge in [-0.25, -0.2) is 0 Å². The number of aliphatic hydroxyl groups is 1. The molecule has 1 aromatic rings. The van der Waals surface area contributed by atoms with Crippen LogP contribution in [-0.4, -0.2) is 62.3 Å². The molecule has 0 spiro atoms. The van der Waals surface area contributed by atoms with Crippen molar-refractivity contribution in [3.8, 4) is 0 Å². The Morgan fingerprint density at radius 3 is 2.31 bits per heavy atom. The number of nitrogens with one attached hydrogen (secondary N) is 2. The van der Waals surface area contributed by atoms with Crippen LogP contribution < -0.4 is 10.6 Å². The van der Waals surface area contributed by atoms with Crippen LogP contribution in [-0.2, 0) is 0 Å². The standard InChI is InChI=1S/C20H36N4O.HI/c1-6-21-20(23-14-19(24(4)5)12-16(2)3)22-13-18(15-25)17-10-8-7-9-11-17;/h7-11,16,18-19,25H,6,12-15H2,1-5H3,(H2,21,22,23);1H. The summed E-state index contributed by atoms with van der Waals surface area (Å²) in [5.41, 5.74) is 1.14. The van der Waals surface area contributed by atoms with Gasteiger partial charge in [-0.05, 0) is 38.9 Å². The van der Waals surface area contributed by atoms with Crippen molar-refractivity contribution in [1.29, 1.82) is 0 Å². The summed E-state index contributed by atoms with van der Waals surface area (Å²) < 4.78 is 0. The molecule has 0 aromatic heterocycles. The molecule has 0 saturated heterocycles.